The van der Waals surface area contributed by atoms with Crippen LogP contribution in [0.2, 0.25) is 1.41 Å². The highest BCUT2D eigenvalue weighted by Gasteiger charge is 1.93. The Kier molecular flexibility index (Phi) is 6.95. The van der Waals surface area contributed by atoms with Gasteiger partial charge < -0.3 is 21.3 Å². The predicted molar refractivity (Wildman–Crippen MR) is 60.7 cm³/mol. The average Bonchev–Trinajstić information content (AvgIpc) is 2.24. The summed E-state index contributed by atoms with van der Waals surface area (Å²) in [5.41, 5.74) is 0. The van der Waals surface area contributed by atoms with E-state index in [1.807, 2.05) is 0 Å². The van der Waals surface area contributed by atoms with E-state index in [2.05, 4.69) is 16.0 Å². The molecule has 0 spiro atoms. The molecule has 0 atom stereocenters. The molecule has 0 unspecified atom stereocenters. The summed E-state index contributed by atoms with van der Waals surface area (Å²) in [6, 6.07) is 0. The highest BCUT2D eigenvalue weighted by atomic mass is 15.0. The quantitative estimate of drug-likeness (QED) is 0.412. The summed E-state index contributed by atoms with van der Waals surface area (Å²) in [6.45, 7) is 7.85. The molecular formula is C10H24N4. The lowest BCUT2D eigenvalue weighted by Crippen LogP contribution is -2.34. The Morgan fingerprint density at radius 2 is 1.07 bits per heavy atom. The van der Waals surface area contributed by atoms with Crippen LogP contribution in [0.4, 0.5) is 0 Å². The van der Waals surface area contributed by atoms with Crippen molar-refractivity contribution in [1.82, 2.24) is 21.3 Å². The molecule has 1 heterocycles. The van der Waals surface area contributed by atoms with Crippen LogP contribution >= 0.6 is 0 Å². The Labute approximate surface area is 88.7 Å². The van der Waals surface area contributed by atoms with Crippen molar-refractivity contribution in [1.29, 1.82) is 0 Å². The summed E-state index contributed by atoms with van der Waals surface area (Å²) in [5.74, 6) is 0. The van der Waals surface area contributed by atoms with Gasteiger partial charge in [-0.15, -0.1) is 0 Å². The van der Waals surface area contributed by atoms with Crippen LogP contribution in [0, 0.1) is 0 Å². The van der Waals surface area contributed by atoms with Crippen LogP contribution < -0.4 is 21.3 Å². The van der Waals surface area contributed by atoms with Gasteiger partial charge in [-0.2, -0.15) is 0 Å². The molecule has 1 rings (SSSR count). The molecule has 0 saturated carbocycles. The zero-order valence-corrected chi connectivity index (χ0v) is 9.02. The third-order valence-electron chi connectivity index (χ3n) is 2.30. The van der Waals surface area contributed by atoms with E-state index in [9.17, 15) is 0 Å². The number of rotatable bonds is 0. The largest absolute Gasteiger partial charge is 0.315 e. The highest BCUT2D eigenvalue weighted by Crippen LogP contribution is 1.76. The molecule has 4 nitrogen and oxygen atoms in total. The third-order valence-corrected chi connectivity index (χ3v) is 2.30. The summed E-state index contributed by atoms with van der Waals surface area (Å²) in [6.07, 6.45) is 2.22. The van der Waals surface area contributed by atoms with Gasteiger partial charge in [0.1, 0.15) is 1.41 Å². The molecule has 84 valence electrons. The minimum absolute atomic E-state index is 0.827. The van der Waals surface area contributed by atoms with Gasteiger partial charge in [0.25, 0.3) is 0 Å². The van der Waals surface area contributed by atoms with Crippen LogP contribution in [0.1, 0.15) is 12.8 Å². The van der Waals surface area contributed by atoms with Gasteiger partial charge in [-0.1, -0.05) is 0 Å². The lowest BCUT2D eigenvalue weighted by atomic mass is 10.3. The average molecular weight is 201 g/mol. The van der Waals surface area contributed by atoms with Crippen molar-refractivity contribution in [2.24, 2.45) is 0 Å². The van der Waals surface area contributed by atoms with Gasteiger partial charge in [0.2, 0.25) is 0 Å². The summed E-state index contributed by atoms with van der Waals surface area (Å²) in [7, 11) is 0. The molecule has 14 heavy (non-hydrogen) atoms. The lowest BCUT2D eigenvalue weighted by molar-refractivity contribution is 0.530. The van der Waals surface area contributed by atoms with Gasteiger partial charge in [-0.25, -0.2) is 0 Å². The maximum atomic E-state index is 7.66. The minimum atomic E-state index is 0.827. The zero-order valence-electron chi connectivity index (χ0n) is 10.0. The summed E-state index contributed by atoms with van der Waals surface area (Å²) in [4.78, 5) is 0. The minimum Gasteiger partial charge on any atom is -0.315 e. The Morgan fingerprint density at radius 3 is 1.71 bits per heavy atom. The molecule has 1 aliphatic rings. The van der Waals surface area contributed by atoms with Crippen LogP contribution in [-0.4, -0.2) is 52.4 Å². The van der Waals surface area contributed by atoms with Crippen molar-refractivity contribution >= 4 is 0 Å². The highest BCUT2D eigenvalue weighted by molar-refractivity contribution is 4.58. The van der Waals surface area contributed by atoms with E-state index >= 15 is 0 Å². The lowest BCUT2D eigenvalue weighted by Gasteiger charge is -2.10. The second kappa shape index (κ2) is 9.40. The molecule has 0 aromatic heterocycles. The molecule has 1 aliphatic heterocycles. The second-order valence-corrected chi connectivity index (χ2v) is 3.63. The molecule has 4 heteroatoms. The van der Waals surface area contributed by atoms with Crippen molar-refractivity contribution in [2.75, 3.05) is 52.4 Å². The van der Waals surface area contributed by atoms with Gasteiger partial charge in [-0.3, -0.25) is 0 Å². The normalized spacial score (nSPS) is 26.4. The molecule has 1 saturated heterocycles. The van der Waals surface area contributed by atoms with E-state index in [1.165, 1.54) is 0 Å². The molecule has 0 amide bonds. The fraction of sp³-hybridized carbons (Fsp3) is 1.00. The molecule has 0 aromatic rings. The van der Waals surface area contributed by atoms with Gasteiger partial charge >= 0.3 is 0 Å². The van der Waals surface area contributed by atoms with E-state index in [0.717, 1.165) is 65.2 Å². The van der Waals surface area contributed by atoms with E-state index in [4.69, 9.17) is 1.41 Å². The monoisotopic (exact) mass is 201 g/mol. The Hall–Kier alpha value is -0.160. The van der Waals surface area contributed by atoms with Crippen molar-refractivity contribution < 1.29 is 1.41 Å². The molecule has 0 radical (unpaired) electrons. The third kappa shape index (κ3) is 7.26. The molecular weight excluding hydrogens is 176 g/mol. The van der Waals surface area contributed by atoms with Gasteiger partial charge in [0.05, 0.1) is 0 Å². The van der Waals surface area contributed by atoms with Gasteiger partial charge in [-0.05, 0) is 39.0 Å². The van der Waals surface area contributed by atoms with Crippen molar-refractivity contribution in [3.05, 3.63) is 0 Å². The predicted octanol–water partition coefficient (Wildman–Crippen LogP) is -0.861. The molecule has 1 fully saturated rings. The van der Waals surface area contributed by atoms with Crippen LogP contribution in [0.3, 0.4) is 0 Å². The first kappa shape index (κ1) is 10.4. The van der Waals surface area contributed by atoms with E-state index in [1.54, 1.807) is 5.31 Å². The Bertz CT molecular complexity index is 131. The number of hydrogen-bond donors (Lipinski definition) is 4. The maximum absolute atomic E-state index is 7.66. The van der Waals surface area contributed by atoms with E-state index in [0.29, 0.717) is 0 Å². The van der Waals surface area contributed by atoms with Crippen LogP contribution in [0.25, 0.3) is 0 Å². The fourth-order valence-corrected chi connectivity index (χ4v) is 1.48. The van der Waals surface area contributed by atoms with Crippen LogP contribution in [0.15, 0.2) is 0 Å². The molecule has 0 aliphatic carbocycles. The van der Waals surface area contributed by atoms with Crippen molar-refractivity contribution in [3.8, 4) is 0 Å². The first-order valence-corrected chi connectivity index (χ1v) is 5.75. The Morgan fingerprint density at radius 1 is 0.571 bits per heavy atom. The zero-order chi connectivity index (χ0) is 10.8. The summed E-state index contributed by atoms with van der Waals surface area (Å²) < 4.78 is 7.66. The molecule has 4 N–H and O–H groups in total. The topological polar surface area (TPSA) is 48.1 Å². The van der Waals surface area contributed by atoms with E-state index in [-0.39, 0.29) is 0 Å². The SMILES string of the molecule is [2H]N1CCCNCCNCCCNCC1. The van der Waals surface area contributed by atoms with E-state index < -0.39 is 0 Å². The Balaban J connectivity index is 2.10. The number of hydrogen-bond acceptors (Lipinski definition) is 4. The summed E-state index contributed by atoms with van der Waals surface area (Å²) in [5, 5.41) is 11.8. The van der Waals surface area contributed by atoms with Gasteiger partial charge in [0.15, 0.2) is 0 Å². The van der Waals surface area contributed by atoms with Crippen LogP contribution in [0.5, 0.6) is 0 Å². The standard InChI is InChI=1S/C10H24N4/c1-3-11-7-9-13-5-2-6-14-10-8-12-4-1/h11-14H,1-10H2/i/hD. The number of nitrogens with one attached hydrogen (secondary N) is 4. The van der Waals surface area contributed by atoms with Crippen molar-refractivity contribution in [2.45, 2.75) is 12.8 Å². The van der Waals surface area contributed by atoms with Crippen LogP contribution in [-0.2, 0) is 0 Å². The second-order valence-electron chi connectivity index (χ2n) is 3.63. The first-order chi connectivity index (χ1) is 7.39. The summed E-state index contributed by atoms with van der Waals surface area (Å²) >= 11 is 0. The fourth-order valence-electron chi connectivity index (χ4n) is 1.48. The van der Waals surface area contributed by atoms with Crippen molar-refractivity contribution in [3.63, 3.8) is 0 Å². The first-order valence-electron chi connectivity index (χ1n) is 6.20. The molecule has 0 bridgehead atoms. The molecule has 0 aromatic carbocycles. The smallest absolute Gasteiger partial charge is 0.122 e. The van der Waals surface area contributed by atoms with Gasteiger partial charge in [0, 0.05) is 26.2 Å². The maximum Gasteiger partial charge on any atom is 0.122 e.